The zero-order valence-corrected chi connectivity index (χ0v) is 15.9. The number of hydrogen-bond donors (Lipinski definition) is 2. The van der Waals surface area contributed by atoms with Crippen molar-refractivity contribution in [3.05, 3.63) is 33.9 Å². The zero-order chi connectivity index (χ0) is 21.0. The number of fused-ring (bicyclic) bond motifs is 2. The van der Waals surface area contributed by atoms with Crippen LogP contribution in [0.3, 0.4) is 0 Å². The molecule has 2 atom stereocenters. The average Bonchev–Trinajstić information content (AvgIpc) is 3.47. The molecule has 5 rings (SSSR count). The SMILES string of the molecule is N#Cc1c(N2C[C@@H]3NCCO[C@H]3C2)c(F)cc2c(=O)c(OC(=O)O)cn(C3CC3)c12. The number of rotatable bonds is 3. The average molecular weight is 414 g/mol. The van der Waals surface area contributed by atoms with Crippen LogP contribution in [0.5, 0.6) is 5.75 Å². The van der Waals surface area contributed by atoms with E-state index in [9.17, 15) is 14.9 Å². The van der Waals surface area contributed by atoms with Crippen LogP contribution >= 0.6 is 0 Å². The molecule has 0 unspecified atom stereocenters. The molecule has 1 aromatic heterocycles. The summed E-state index contributed by atoms with van der Waals surface area (Å²) >= 11 is 0. The highest BCUT2D eigenvalue weighted by molar-refractivity contribution is 5.92. The third-order valence-electron chi connectivity index (χ3n) is 5.88. The van der Waals surface area contributed by atoms with E-state index in [0.717, 1.165) is 18.9 Å². The molecule has 9 nitrogen and oxygen atoms in total. The number of morpholine rings is 1. The lowest BCUT2D eigenvalue weighted by Crippen LogP contribution is -2.47. The van der Waals surface area contributed by atoms with Gasteiger partial charge in [-0.3, -0.25) is 4.79 Å². The Morgan fingerprint density at radius 2 is 2.20 bits per heavy atom. The van der Waals surface area contributed by atoms with Crippen molar-refractivity contribution in [2.45, 2.75) is 31.0 Å². The highest BCUT2D eigenvalue weighted by Crippen LogP contribution is 2.41. The molecule has 2 N–H and O–H groups in total. The van der Waals surface area contributed by atoms with Gasteiger partial charge in [0, 0.05) is 25.7 Å². The number of ether oxygens (including phenoxy) is 2. The van der Waals surface area contributed by atoms with Gasteiger partial charge in [-0.05, 0) is 18.9 Å². The molecule has 1 aromatic carbocycles. The molecule has 1 saturated carbocycles. The van der Waals surface area contributed by atoms with Gasteiger partial charge < -0.3 is 29.4 Å². The van der Waals surface area contributed by atoms with Gasteiger partial charge in [0.2, 0.25) is 5.43 Å². The molecule has 0 bridgehead atoms. The summed E-state index contributed by atoms with van der Waals surface area (Å²) in [7, 11) is 0. The van der Waals surface area contributed by atoms with Gasteiger partial charge in [-0.1, -0.05) is 0 Å². The summed E-state index contributed by atoms with van der Waals surface area (Å²) in [5.41, 5.74) is -0.241. The summed E-state index contributed by atoms with van der Waals surface area (Å²) in [6, 6.07) is 3.21. The molecule has 0 radical (unpaired) electrons. The van der Waals surface area contributed by atoms with Gasteiger partial charge in [0.1, 0.15) is 17.4 Å². The van der Waals surface area contributed by atoms with E-state index in [1.54, 1.807) is 9.47 Å². The predicted octanol–water partition coefficient (Wildman–Crippen LogP) is 1.58. The highest BCUT2D eigenvalue weighted by atomic mass is 19.1. The van der Waals surface area contributed by atoms with Crippen molar-refractivity contribution in [2.24, 2.45) is 0 Å². The number of carboxylic acid groups (broad SMARTS) is 1. The van der Waals surface area contributed by atoms with E-state index in [1.165, 1.54) is 6.20 Å². The maximum atomic E-state index is 15.3. The number of halogens is 1. The molecule has 0 spiro atoms. The van der Waals surface area contributed by atoms with Gasteiger partial charge >= 0.3 is 6.16 Å². The van der Waals surface area contributed by atoms with Crippen LogP contribution < -0.4 is 20.4 Å². The first-order valence-electron chi connectivity index (χ1n) is 9.80. The molecule has 3 heterocycles. The summed E-state index contributed by atoms with van der Waals surface area (Å²) in [4.78, 5) is 25.6. The van der Waals surface area contributed by atoms with Crippen LogP contribution in [0.1, 0.15) is 24.4 Å². The van der Waals surface area contributed by atoms with E-state index in [-0.39, 0.29) is 34.8 Å². The quantitative estimate of drug-likeness (QED) is 0.727. The fraction of sp³-hybridized carbons (Fsp3) is 0.450. The smallest absolute Gasteiger partial charge is 0.449 e. The first kappa shape index (κ1) is 18.8. The molecule has 156 valence electrons. The van der Waals surface area contributed by atoms with Crippen molar-refractivity contribution < 1.29 is 23.8 Å². The van der Waals surface area contributed by atoms with E-state index in [2.05, 4.69) is 16.1 Å². The molecule has 2 aliphatic heterocycles. The van der Waals surface area contributed by atoms with Gasteiger partial charge in [0.05, 0.1) is 41.5 Å². The molecule has 30 heavy (non-hydrogen) atoms. The number of hydrogen-bond acceptors (Lipinski definition) is 7. The van der Waals surface area contributed by atoms with E-state index >= 15 is 4.39 Å². The first-order valence-corrected chi connectivity index (χ1v) is 9.80. The lowest BCUT2D eigenvalue weighted by molar-refractivity contribution is 0.0212. The molecular formula is C20H19FN4O5. The van der Waals surface area contributed by atoms with Crippen LogP contribution in [0.2, 0.25) is 0 Å². The topological polar surface area (TPSA) is 117 Å². The Balaban J connectivity index is 1.71. The van der Waals surface area contributed by atoms with Crippen molar-refractivity contribution >= 4 is 22.7 Å². The van der Waals surface area contributed by atoms with Gasteiger partial charge in [0.15, 0.2) is 5.75 Å². The van der Waals surface area contributed by atoms with Gasteiger partial charge in [0.25, 0.3) is 0 Å². The van der Waals surface area contributed by atoms with Crippen LogP contribution in [0.15, 0.2) is 17.1 Å². The van der Waals surface area contributed by atoms with Crippen LogP contribution in [0.25, 0.3) is 10.9 Å². The number of pyridine rings is 1. The summed E-state index contributed by atoms with van der Waals surface area (Å²) in [6.07, 6.45) is 1.21. The fourth-order valence-corrected chi connectivity index (χ4v) is 4.45. The Kier molecular flexibility index (Phi) is 4.38. The third-order valence-corrected chi connectivity index (χ3v) is 5.88. The maximum Gasteiger partial charge on any atom is 0.511 e. The van der Waals surface area contributed by atoms with Crippen LogP contribution in [0.4, 0.5) is 14.9 Å². The molecule has 3 fully saturated rings. The molecule has 3 aliphatic rings. The maximum absolute atomic E-state index is 15.3. The van der Waals surface area contributed by atoms with E-state index in [1.807, 2.05) is 0 Å². The number of anilines is 1. The molecule has 1 aliphatic carbocycles. The number of nitriles is 1. The van der Waals surface area contributed by atoms with Crippen LogP contribution in [-0.2, 0) is 4.74 Å². The minimum absolute atomic E-state index is 0.000754. The number of benzene rings is 1. The summed E-state index contributed by atoms with van der Waals surface area (Å²) in [6.45, 7) is 2.21. The summed E-state index contributed by atoms with van der Waals surface area (Å²) in [5.74, 6) is -1.10. The second-order valence-electron chi connectivity index (χ2n) is 7.79. The van der Waals surface area contributed by atoms with Crippen molar-refractivity contribution in [3.8, 4) is 11.8 Å². The first-order chi connectivity index (χ1) is 14.5. The minimum Gasteiger partial charge on any atom is -0.449 e. The van der Waals surface area contributed by atoms with Gasteiger partial charge in [-0.15, -0.1) is 0 Å². The minimum atomic E-state index is -1.63. The number of carbonyl (C=O) groups is 1. The number of nitrogens with zero attached hydrogens (tertiary/aromatic N) is 3. The molecule has 10 heteroatoms. The molecule has 0 amide bonds. The molecule has 2 saturated heterocycles. The second kappa shape index (κ2) is 6.97. The third kappa shape index (κ3) is 2.98. The van der Waals surface area contributed by atoms with E-state index in [0.29, 0.717) is 31.8 Å². The van der Waals surface area contributed by atoms with Crippen molar-refractivity contribution in [3.63, 3.8) is 0 Å². The van der Waals surface area contributed by atoms with Crippen LogP contribution in [-0.4, -0.2) is 54.2 Å². The largest absolute Gasteiger partial charge is 0.511 e. The lowest BCUT2D eigenvalue weighted by atomic mass is 10.1. The van der Waals surface area contributed by atoms with Gasteiger partial charge in [-0.25, -0.2) is 9.18 Å². The van der Waals surface area contributed by atoms with Gasteiger partial charge in [-0.2, -0.15) is 5.26 Å². The van der Waals surface area contributed by atoms with E-state index in [4.69, 9.17) is 9.84 Å². The van der Waals surface area contributed by atoms with Crippen LogP contribution in [0, 0.1) is 17.1 Å². The second-order valence-corrected chi connectivity index (χ2v) is 7.79. The monoisotopic (exact) mass is 414 g/mol. The van der Waals surface area contributed by atoms with E-state index < -0.39 is 23.2 Å². The Bertz CT molecular complexity index is 1140. The normalized spacial score (nSPS) is 23.3. The van der Waals surface area contributed by atoms with Crippen molar-refractivity contribution in [1.82, 2.24) is 9.88 Å². The fourth-order valence-electron chi connectivity index (χ4n) is 4.45. The Morgan fingerprint density at radius 3 is 2.87 bits per heavy atom. The lowest BCUT2D eigenvalue weighted by Gasteiger charge is -2.25. The molecule has 2 aromatic rings. The summed E-state index contributed by atoms with van der Waals surface area (Å²) in [5, 5.41) is 22.2. The molecular weight excluding hydrogens is 395 g/mol. The van der Waals surface area contributed by atoms with Crippen molar-refractivity contribution in [1.29, 1.82) is 5.26 Å². The standard InChI is InChI=1S/C20H19FN4O5/c21-13-5-11-17(25(10-1-2-10)9-16(19(11)26)30-20(27)28)12(6-22)18(13)24-7-14-15(8-24)29-4-3-23-14/h5,9-10,14-15,23H,1-4,7-8H2,(H,27,28)/t14-,15-/m0/s1. The summed E-state index contributed by atoms with van der Waals surface area (Å²) < 4.78 is 27.3. The Hall–Kier alpha value is -3.16. The number of nitrogens with one attached hydrogen (secondary N) is 1. The Morgan fingerprint density at radius 1 is 1.40 bits per heavy atom. The van der Waals surface area contributed by atoms with Crippen molar-refractivity contribution in [2.75, 3.05) is 31.1 Å². The predicted molar refractivity (Wildman–Crippen MR) is 104 cm³/mol. The zero-order valence-electron chi connectivity index (χ0n) is 15.9. The Labute approximate surface area is 170 Å². The highest BCUT2D eigenvalue weighted by Gasteiger charge is 2.38. The number of aromatic nitrogens is 1.